The lowest BCUT2D eigenvalue weighted by molar-refractivity contribution is -0.275. The van der Waals surface area contributed by atoms with Crippen molar-refractivity contribution in [1.29, 1.82) is 0 Å². The molecule has 3 rings (SSSR count). The molecule has 1 heterocycles. The van der Waals surface area contributed by atoms with Gasteiger partial charge in [0, 0.05) is 28.1 Å². The van der Waals surface area contributed by atoms with Crippen molar-refractivity contribution in [1.82, 2.24) is 5.32 Å². The van der Waals surface area contributed by atoms with Gasteiger partial charge in [-0.3, -0.25) is 0 Å². The zero-order valence-electron chi connectivity index (χ0n) is 15.3. The van der Waals surface area contributed by atoms with Crippen molar-refractivity contribution in [2.45, 2.75) is 38.1 Å². The third-order valence-electron chi connectivity index (χ3n) is 4.77. The van der Waals surface area contributed by atoms with E-state index in [1.54, 1.807) is 12.1 Å². The van der Waals surface area contributed by atoms with Crippen LogP contribution in [-0.2, 0) is 10.4 Å². The first-order valence-corrected chi connectivity index (χ1v) is 9.54. The van der Waals surface area contributed by atoms with E-state index >= 15 is 0 Å². The van der Waals surface area contributed by atoms with E-state index in [1.165, 1.54) is 18.2 Å². The topological polar surface area (TPSA) is 33.6 Å². The Bertz CT molecular complexity index is 864. The van der Waals surface area contributed by atoms with Crippen molar-refractivity contribution in [2.24, 2.45) is 5.16 Å². The summed E-state index contributed by atoms with van der Waals surface area (Å²) in [6.45, 7) is 4.85. The van der Waals surface area contributed by atoms with E-state index in [0.717, 1.165) is 12.1 Å². The van der Waals surface area contributed by atoms with Crippen LogP contribution in [0.2, 0.25) is 10.0 Å². The second kappa shape index (κ2) is 7.93. The molecule has 2 unspecified atom stereocenters. The van der Waals surface area contributed by atoms with Gasteiger partial charge in [-0.2, -0.15) is 13.2 Å². The fourth-order valence-electron chi connectivity index (χ4n) is 3.23. The average Bonchev–Trinajstić information content (AvgIpc) is 3.08. The molecule has 0 spiro atoms. The van der Waals surface area contributed by atoms with Gasteiger partial charge in [0.05, 0.1) is 5.71 Å². The Hall–Kier alpha value is -1.76. The number of hydrogen-bond donors (Lipinski definition) is 1. The Kier molecular flexibility index (Phi) is 5.94. The number of rotatable bonds is 5. The molecule has 1 aliphatic rings. The summed E-state index contributed by atoms with van der Waals surface area (Å²) < 4.78 is 42.0. The predicted molar refractivity (Wildman–Crippen MR) is 105 cm³/mol. The van der Waals surface area contributed by atoms with Crippen molar-refractivity contribution in [3.63, 3.8) is 0 Å². The number of oxime groups is 1. The number of hydrogen-bond acceptors (Lipinski definition) is 3. The molecule has 3 nitrogen and oxygen atoms in total. The van der Waals surface area contributed by atoms with Crippen molar-refractivity contribution < 1.29 is 18.0 Å². The molecule has 0 fully saturated rings. The zero-order chi connectivity index (χ0) is 20.5. The fourth-order valence-corrected chi connectivity index (χ4v) is 3.76. The Morgan fingerprint density at radius 2 is 1.75 bits per heavy atom. The van der Waals surface area contributed by atoms with E-state index in [4.69, 9.17) is 28.0 Å². The van der Waals surface area contributed by atoms with Crippen molar-refractivity contribution >= 4 is 28.9 Å². The molecule has 0 radical (unpaired) electrons. The van der Waals surface area contributed by atoms with Gasteiger partial charge in [0.1, 0.15) is 0 Å². The van der Waals surface area contributed by atoms with Crippen LogP contribution in [0.4, 0.5) is 13.2 Å². The molecule has 0 saturated carbocycles. The average molecular weight is 431 g/mol. The number of nitrogens with one attached hydrogen (secondary N) is 1. The third-order valence-corrected chi connectivity index (χ3v) is 5.21. The number of alkyl halides is 3. The van der Waals surface area contributed by atoms with Crippen LogP contribution in [0, 0.1) is 0 Å². The lowest BCUT2D eigenvalue weighted by atomic mass is 9.86. The van der Waals surface area contributed by atoms with Gasteiger partial charge in [-0.1, -0.05) is 59.5 Å². The maximum Gasteiger partial charge on any atom is 0.435 e. The predicted octanol–water partition coefficient (Wildman–Crippen LogP) is 6.25. The maximum absolute atomic E-state index is 14.0. The van der Waals surface area contributed by atoms with Crippen LogP contribution in [0.15, 0.2) is 47.6 Å². The molecule has 0 bridgehead atoms. The van der Waals surface area contributed by atoms with E-state index in [-0.39, 0.29) is 27.4 Å². The maximum atomic E-state index is 14.0. The third kappa shape index (κ3) is 4.00. The molecule has 8 heteroatoms. The number of nitrogens with zero attached hydrogens (tertiary/aromatic N) is 1. The highest BCUT2D eigenvalue weighted by Gasteiger charge is 2.62. The fraction of sp³-hybridized carbons (Fsp3) is 0.350. The minimum Gasteiger partial charge on any atom is -0.374 e. The Morgan fingerprint density at radius 1 is 1.14 bits per heavy atom. The molecule has 150 valence electrons. The van der Waals surface area contributed by atoms with Gasteiger partial charge in [0.25, 0.3) is 5.60 Å². The van der Waals surface area contributed by atoms with Crippen LogP contribution in [0.25, 0.3) is 0 Å². The number of halogens is 5. The molecule has 1 aliphatic heterocycles. The highest BCUT2D eigenvalue weighted by Crippen LogP contribution is 2.49. The van der Waals surface area contributed by atoms with Crippen molar-refractivity contribution in [2.75, 3.05) is 6.54 Å². The van der Waals surface area contributed by atoms with E-state index < -0.39 is 18.2 Å². The smallest absolute Gasteiger partial charge is 0.374 e. The molecule has 2 aromatic carbocycles. The first-order valence-electron chi connectivity index (χ1n) is 8.78. The van der Waals surface area contributed by atoms with E-state index in [9.17, 15) is 13.2 Å². The lowest BCUT2D eigenvalue weighted by Crippen LogP contribution is -2.42. The molecule has 0 amide bonds. The van der Waals surface area contributed by atoms with Gasteiger partial charge in [-0.15, -0.1) is 0 Å². The lowest BCUT2D eigenvalue weighted by Gasteiger charge is -2.29. The largest absolute Gasteiger partial charge is 0.435 e. The van der Waals surface area contributed by atoms with Gasteiger partial charge in [-0.25, -0.2) is 0 Å². The SMILES string of the molecule is CCNC(C)c1ccc(C2=NOC(c3cc(Cl)cc(Cl)c3)(C(F)(F)F)C2)cc1. The first kappa shape index (κ1) is 21.0. The summed E-state index contributed by atoms with van der Waals surface area (Å²) in [7, 11) is 0. The molecule has 0 aromatic heterocycles. The standard InChI is InChI=1S/C20H19Cl2F3N2O/c1-3-26-12(2)13-4-6-14(7-5-13)18-11-19(28-27-18,20(23,24)25)15-8-16(21)10-17(22)9-15/h4-10,12,26H,3,11H2,1-2H3. The normalized spacial score (nSPS) is 20.6. The van der Waals surface area contributed by atoms with E-state index in [0.29, 0.717) is 5.56 Å². The van der Waals surface area contributed by atoms with Gasteiger partial charge < -0.3 is 10.2 Å². The summed E-state index contributed by atoms with van der Waals surface area (Å²) in [6, 6.07) is 11.2. The van der Waals surface area contributed by atoms with Crippen molar-refractivity contribution in [3.05, 3.63) is 69.2 Å². The summed E-state index contributed by atoms with van der Waals surface area (Å²) >= 11 is 11.8. The van der Waals surface area contributed by atoms with E-state index in [2.05, 4.69) is 10.5 Å². The molecule has 1 N–H and O–H groups in total. The minimum absolute atomic E-state index is 0.102. The summed E-state index contributed by atoms with van der Waals surface area (Å²) in [5.41, 5.74) is -0.961. The Labute approximate surface area is 171 Å². The Morgan fingerprint density at radius 3 is 2.29 bits per heavy atom. The second-order valence-electron chi connectivity index (χ2n) is 6.69. The van der Waals surface area contributed by atoms with Crippen LogP contribution in [0.1, 0.15) is 43.0 Å². The van der Waals surface area contributed by atoms with Gasteiger partial charge >= 0.3 is 6.18 Å². The molecular formula is C20H19Cl2F3N2O. The minimum atomic E-state index is -4.70. The summed E-state index contributed by atoms with van der Waals surface area (Å²) in [6.07, 6.45) is -5.17. The quantitative estimate of drug-likeness (QED) is 0.608. The molecule has 0 saturated heterocycles. The van der Waals surface area contributed by atoms with Crippen LogP contribution in [0.3, 0.4) is 0 Å². The van der Waals surface area contributed by atoms with Crippen LogP contribution in [-0.4, -0.2) is 18.4 Å². The van der Waals surface area contributed by atoms with Crippen LogP contribution < -0.4 is 5.32 Å². The van der Waals surface area contributed by atoms with Crippen LogP contribution in [0.5, 0.6) is 0 Å². The Balaban J connectivity index is 1.91. The monoisotopic (exact) mass is 430 g/mol. The van der Waals surface area contributed by atoms with Crippen molar-refractivity contribution in [3.8, 4) is 0 Å². The van der Waals surface area contributed by atoms with E-state index in [1.807, 2.05) is 26.0 Å². The zero-order valence-corrected chi connectivity index (χ0v) is 16.8. The number of benzene rings is 2. The van der Waals surface area contributed by atoms with Gasteiger partial charge in [0.2, 0.25) is 0 Å². The molecule has 28 heavy (non-hydrogen) atoms. The summed E-state index contributed by atoms with van der Waals surface area (Å²) in [5.74, 6) is 0. The molecule has 0 aliphatic carbocycles. The molecular weight excluding hydrogens is 412 g/mol. The molecule has 2 aromatic rings. The highest BCUT2D eigenvalue weighted by molar-refractivity contribution is 6.34. The second-order valence-corrected chi connectivity index (χ2v) is 7.56. The van der Waals surface area contributed by atoms with Gasteiger partial charge in [0.15, 0.2) is 0 Å². The summed E-state index contributed by atoms with van der Waals surface area (Å²) in [5, 5.41) is 7.26. The first-order chi connectivity index (χ1) is 13.2. The molecule has 2 atom stereocenters. The summed E-state index contributed by atoms with van der Waals surface area (Å²) in [4.78, 5) is 5.02. The van der Waals surface area contributed by atoms with Gasteiger partial charge in [-0.05, 0) is 42.8 Å². The highest BCUT2D eigenvalue weighted by atomic mass is 35.5. The van der Waals surface area contributed by atoms with Crippen LogP contribution >= 0.6 is 23.2 Å².